The SMILES string of the molecule is O=C(Nc1ccnc(Cl)c1)Nc1cc(Br)ccc1CO. The van der Waals surface area contributed by atoms with Crippen LogP contribution in [0.3, 0.4) is 0 Å². The smallest absolute Gasteiger partial charge is 0.323 e. The number of nitrogens with zero attached hydrogens (tertiary/aromatic N) is 1. The number of anilines is 2. The van der Waals surface area contributed by atoms with Gasteiger partial charge in [-0.05, 0) is 24.3 Å². The third-order valence-electron chi connectivity index (χ3n) is 2.47. The highest BCUT2D eigenvalue weighted by Crippen LogP contribution is 2.22. The lowest BCUT2D eigenvalue weighted by Gasteiger charge is -2.11. The van der Waals surface area contributed by atoms with E-state index in [2.05, 4.69) is 31.5 Å². The molecule has 0 spiro atoms. The number of aromatic nitrogens is 1. The molecule has 7 heteroatoms. The Morgan fingerprint density at radius 2 is 2.10 bits per heavy atom. The van der Waals surface area contributed by atoms with Crippen LogP contribution in [0.2, 0.25) is 5.15 Å². The lowest BCUT2D eigenvalue weighted by molar-refractivity contribution is 0.262. The quantitative estimate of drug-likeness (QED) is 0.735. The summed E-state index contributed by atoms with van der Waals surface area (Å²) in [6.07, 6.45) is 1.50. The maximum Gasteiger partial charge on any atom is 0.323 e. The third-order valence-corrected chi connectivity index (χ3v) is 3.17. The van der Waals surface area contributed by atoms with Crippen molar-refractivity contribution in [2.45, 2.75) is 6.61 Å². The first-order chi connectivity index (χ1) is 9.58. The molecule has 1 aromatic carbocycles. The highest BCUT2D eigenvalue weighted by atomic mass is 79.9. The summed E-state index contributed by atoms with van der Waals surface area (Å²) in [5, 5.41) is 14.8. The highest BCUT2D eigenvalue weighted by molar-refractivity contribution is 9.10. The van der Waals surface area contributed by atoms with Gasteiger partial charge in [0.1, 0.15) is 5.15 Å². The minimum absolute atomic E-state index is 0.163. The first-order valence-corrected chi connectivity index (χ1v) is 6.84. The van der Waals surface area contributed by atoms with Crippen LogP contribution in [0.15, 0.2) is 41.0 Å². The zero-order chi connectivity index (χ0) is 14.5. The zero-order valence-corrected chi connectivity index (χ0v) is 12.6. The van der Waals surface area contributed by atoms with Crippen molar-refractivity contribution in [2.24, 2.45) is 0 Å². The van der Waals surface area contributed by atoms with Gasteiger partial charge in [0.2, 0.25) is 0 Å². The zero-order valence-electron chi connectivity index (χ0n) is 10.2. The van der Waals surface area contributed by atoms with Crippen LogP contribution < -0.4 is 10.6 Å². The maximum absolute atomic E-state index is 11.9. The van der Waals surface area contributed by atoms with Gasteiger partial charge in [-0.3, -0.25) is 0 Å². The van der Waals surface area contributed by atoms with Crippen molar-refractivity contribution in [1.82, 2.24) is 4.98 Å². The molecule has 0 aliphatic rings. The van der Waals surface area contributed by atoms with Crippen molar-refractivity contribution >= 4 is 44.9 Å². The van der Waals surface area contributed by atoms with Gasteiger partial charge in [-0.15, -0.1) is 0 Å². The monoisotopic (exact) mass is 355 g/mol. The third kappa shape index (κ3) is 3.93. The first kappa shape index (κ1) is 14.8. The van der Waals surface area contributed by atoms with E-state index in [1.807, 2.05) is 0 Å². The normalized spacial score (nSPS) is 10.2. The molecule has 0 aliphatic carbocycles. The molecule has 3 N–H and O–H groups in total. The van der Waals surface area contributed by atoms with Gasteiger partial charge in [0, 0.05) is 27.6 Å². The molecule has 2 rings (SSSR count). The second-order valence-corrected chi connectivity index (χ2v) is 5.21. The summed E-state index contributed by atoms with van der Waals surface area (Å²) in [7, 11) is 0. The summed E-state index contributed by atoms with van der Waals surface area (Å²) in [6.45, 7) is -0.163. The summed E-state index contributed by atoms with van der Waals surface area (Å²) in [5.74, 6) is 0. The summed E-state index contributed by atoms with van der Waals surface area (Å²) < 4.78 is 0.803. The summed E-state index contributed by atoms with van der Waals surface area (Å²) >= 11 is 9.05. The predicted octanol–water partition coefficient (Wildman–Crippen LogP) is 3.63. The van der Waals surface area contributed by atoms with Crippen LogP contribution in [-0.4, -0.2) is 16.1 Å². The van der Waals surface area contributed by atoms with E-state index in [9.17, 15) is 9.90 Å². The van der Waals surface area contributed by atoms with Crippen molar-refractivity contribution in [3.8, 4) is 0 Å². The number of hydrogen-bond acceptors (Lipinski definition) is 3. The van der Waals surface area contributed by atoms with Crippen LogP contribution in [0, 0.1) is 0 Å². The molecular formula is C13H11BrClN3O2. The molecule has 0 saturated carbocycles. The molecular weight excluding hydrogens is 346 g/mol. The van der Waals surface area contributed by atoms with Crippen molar-refractivity contribution < 1.29 is 9.90 Å². The molecule has 104 valence electrons. The second-order valence-electron chi connectivity index (χ2n) is 3.91. The van der Waals surface area contributed by atoms with E-state index in [1.165, 1.54) is 12.3 Å². The lowest BCUT2D eigenvalue weighted by atomic mass is 10.2. The van der Waals surface area contributed by atoms with Crippen molar-refractivity contribution in [1.29, 1.82) is 0 Å². The number of rotatable bonds is 3. The van der Waals surface area contributed by atoms with E-state index in [4.69, 9.17) is 11.6 Å². The number of carbonyl (C=O) groups is 1. The van der Waals surface area contributed by atoms with Crippen LogP contribution in [0.25, 0.3) is 0 Å². The molecule has 1 aromatic heterocycles. The van der Waals surface area contributed by atoms with E-state index < -0.39 is 6.03 Å². The molecule has 0 aliphatic heterocycles. The second kappa shape index (κ2) is 6.69. The Balaban J connectivity index is 2.10. The number of hydrogen-bond donors (Lipinski definition) is 3. The van der Waals surface area contributed by atoms with E-state index >= 15 is 0 Å². The molecule has 0 fully saturated rings. The number of urea groups is 1. The number of benzene rings is 1. The number of pyridine rings is 1. The maximum atomic E-state index is 11.9. The lowest BCUT2D eigenvalue weighted by Crippen LogP contribution is -2.20. The largest absolute Gasteiger partial charge is 0.392 e. The van der Waals surface area contributed by atoms with Crippen molar-refractivity contribution in [2.75, 3.05) is 10.6 Å². The minimum atomic E-state index is -0.430. The van der Waals surface area contributed by atoms with Gasteiger partial charge < -0.3 is 15.7 Å². The fourth-order valence-corrected chi connectivity index (χ4v) is 2.10. The Labute approximate surface area is 129 Å². The van der Waals surface area contributed by atoms with E-state index in [1.54, 1.807) is 24.3 Å². The number of carbonyl (C=O) groups excluding carboxylic acids is 1. The van der Waals surface area contributed by atoms with E-state index in [-0.39, 0.29) is 6.61 Å². The average Bonchev–Trinajstić information content (AvgIpc) is 2.38. The molecule has 2 aromatic rings. The standard InChI is InChI=1S/C13H11BrClN3O2/c14-9-2-1-8(7-19)11(5-9)18-13(20)17-10-3-4-16-12(15)6-10/h1-6,19H,7H2,(H2,16,17,18,20). The number of nitrogens with one attached hydrogen (secondary N) is 2. The molecule has 20 heavy (non-hydrogen) atoms. The van der Waals surface area contributed by atoms with Gasteiger partial charge in [-0.1, -0.05) is 33.6 Å². The van der Waals surface area contributed by atoms with Gasteiger partial charge in [-0.2, -0.15) is 0 Å². The Morgan fingerprint density at radius 3 is 2.80 bits per heavy atom. The summed E-state index contributed by atoms with van der Waals surface area (Å²) in [4.78, 5) is 15.7. The molecule has 1 heterocycles. The molecule has 2 amide bonds. The molecule has 0 unspecified atom stereocenters. The minimum Gasteiger partial charge on any atom is -0.392 e. The van der Waals surface area contributed by atoms with Crippen molar-refractivity contribution in [3.63, 3.8) is 0 Å². The van der Waals surface area contributed by atoms with Crippen LogP contribution >= 0.6 is 27.5 Å². The molecule has 0 radical (unpaired) electrons. The average molecular weight is 357 g/mol. The number of aliphatic hydroxyl groups excluding tert-OH is 1. The van der Waals surface area contributed by atoms with Gasteiger partial charge in [-0.25, -0.2) is 9.78 Å². The van der Waals surface area contributed by atoms with E-state index in [0.717, 1.165) is 4.47 Å². The fraction of sp³-hybridized carbons (Fsp3) is 0.0769. The molecule has 0 atom stereocenters. The molecule has 5 nitrogen and oxygen atoms in total. The topological polar surface area (TPSA) is 74.2 Å². The van der Waals surface area contributed by atoms with Crippen LogP contribution in [-0.2, 0) is 6.61 Å². The Hall–Kier alpha value is -1.63. The summed E-state index contributed by atoms with van der Waals surface area (Å²) in [6, 6.07) is 7.96. The Bertz CT molecular complexity index is 637. The van der Waals surface area contributed by atoms with E-state index in [0.29, 0.717) is 22.1 Å². The van der Waals surface area contributed by atoms with Gasteiger partial charge in [0.15, 0.2) is 0 Å². The van der Waals surface area contributed by atoms with Gasteiger partial charge >= 0.3 is 6.03 Å². The predicted molar refractivity (Wildman–Crippen MR) is 82.0 cm³/mol. The van der Waals surface area contributed by atoms with Crippen LogP contribution in [0.5, 0.6) is 0 Å². The van der Waals surface area contributed by atoms with Gasteiger partial charge in [0.25, 0.3) is 0 Å². The highest BCUT2D eigenvalue weighted by Gasteiger charge is 2.07. The van der Waals surface area contributed by atoms with Crippen LogP contribution in [0.4, 0.5) is 16.2 Å². The number of aliphatic hydroxyl groups is 1. The molecule has 0 bridgehead atoms. The summed E-state index contributed by atoms with van der Waals surface area (Å²) in [5.41, 5.74) is 1.68. The Kier molecular flexibility index (Phi) is 4.94. The number of amides is 2. The molecule has 0 saturated heterocycles. The fourth-order valence-electron chi connectivity index (χ4n) is 1.57. The first-order valence-electron chi connectivity index (χ1n) is 5.67. The Morgan fingerprint density at radius 1 is 1.30 bits per heavy atom. The van der Waals surface area contributed by atoms with Crippen LogP contribution in [0.1, 0.15) is 5.56 Å². The van der Waals surface area contributed by atoms with Gasteiger partial charge in [0.05, 0.1) is 6.61 Å². The van der Waals surface area contributed by atoms with Crippen molar-refractivity contribution in [3.05, 3.63) is 51.7 Å². The number of halogens is 2.